The van der Waals surface area contributed by atoms with Gasteiger partial charge >= 0.3 is 6.36 Å². The zero-order valence-electron chi connectivity index (χ0n) is 8.77. The molecule has 2 aromatic rings. The van der Waals surface area contributed by atoms with Crippen molar-refractivity contribution in [1.29, 1.82) is 0 Å². The number of alkyl halides is 3. The van der Waals surface area contributed by atoms with Crippen molar-refractivity contribution in [2.75, 3.05) is 0 Å². The van der Waals surface area contributed by atoms with Crippen LogP contribution in [-0.2, 0) is 7.05 Å². The minimum atomic E-state index is -4.72. The van der Waals surface area contributed by atoms with Gasteiger partial charge in [0.2, 0.25) is 0 Å². The van der Waals surface area contributed by atoms with E-state index >= 15 is 0 Å². The molecular formula is C10H8F3N3O. The second-order valence-electron chi connectivity index (χ2n) is 3.32. The van der Waals surface area contributed by atoms with Crippen molar-refractivity contribution in [3.05, 3.63) is 30.5 Å². The molecule has 0 saturated heterocycles. The lowest BCUT2D eigenvalue weighted by Crippen LogP contribution is -2.17. The van der Waals surface area contributed by atoms with Crippen LogP contribution in [0, 0.1) is 0 Å². The number of halogens is 3. The summed E-state index contributed by atoms with van der Waals surface area (Å²) >= 11 is 0. The van der Waals surface area contributed by atoms with Crippen molar-refractivity contribution in [2.45, 2.75) is 6.36 Å². The van der Waals surface area contributed by atoms with Crippen LogP contribution in [0.3, 0.4) is 0 Å². The van der Waals surface area contributed by atoms with Gasteiger partial charge in [0, 0.05) is 12.6 Å². The van der Waals surface area contributed by atoms with Crippen LogP contribution < -0.4 is 4.74 Å². The third-order valence-electron chi connectivity index (χ3n) is 1.99. The van der Waals surface area contributed by atoms with Crippen molar-refractivity contribution < 1.29 is 17.9 Å². The molecule has 1 aromatic carbocycles. The summed E-state index contributed by atoms with van der Waals surface area (Å²) in [6, 6.07) is 5.79. The molecule has 17 heavy (non-hydrogen) atoms. The topological polar surface area (TPSA) is 39.9 Å². The van der Waals surface area contributed by atoms with E-state index in [-0.39, 0.29) is 11.3 Å². The summed E-state index contributed by atoms with van der Waals surface area (Å²) < 4.78 is 41.9. The zero-order valence-corrected chi connectivity index (χ0v) is 8.77. The highest BCUT2D eigenvalue weighted by molar-refractivity contribution is 5.66. The van der Waals surface area contributed by atoms with Crippen LogP contribution in [0.2, 0.25) is 0 Å². The van der Waals surface area contributed by atoms with E-state index in [2.05, 4.69) is 15.0 Å². The molecule has 7 heteroatoms. The number of nitrogens with zero attached hydrogens (tertiary/aromatic N) is 3. The van der Waals surface area contributed by atoms with Crippen LogP contribution in [-0.4, -0.2) is 21.4 Å². The first-order chi connectivity index (χ1) is 7.96. The molecule has 0 aliphatic carbocycles. The van der Waals surface area contributed by atoms with E-state index in [1.54, 1.807) is 13.1 Å². The SMILES string of the molecule is Cn1cc(-c2ccccc2OC(F)(F)F)nn1. The molecule has 4 nitrogen and oxygen atoms in total. The maximum absolute atomic E-state index is 12.2. The molecule has 1 heterocycles. The number of hydrogen-bond donors (Lipinski definition) is 0. The van der Waals surface area contributed by atoms with Crippen LogP contribution >= 0.6 is 0 Å². The molecule has 0 aliphatic rings. The molecule has 1 aromatic heterocycles. The van der Waals surface area contributed by atoms with Gasteiger partial charge in [0.05, 0.1) is 6.20 Å². The lowest BCUT2D eigenvalue weighted by molar-refractivity contribution is -0.274. The molecule has 0 saturated carbocycles. The van der Waals surface area contributed by atoms with Crippen molar-refractivity contribution >= 4 is 0 Å². The van der Waals surface area contributed by atoms with Gasteiger partial charge in [0.1, 0.15) is 11.4 Å². The summed E-state index contributed by atoms with van der Waals surface area (Å²) in [4.78, 5) is 0. The molecular weight excluding hydrogens is 235 g/mol. The first-order valence-electron chi connectivity index (χ1n) is 4.67. The van der Waals surface area contributed by atoms with Crippen molar-refractivity contribution in [3.63, 3.8) is 0 Å². The van der Waals surface area contributed by atoms with E-state index in [4.69, 9.17) is 0 Å². The predicted octanol–water partition coefficient (Wildman–Crippen LogP) is 2.38. The largest absolute Gasteiger partial charge is 0.573 e. The molecule has 0 N–H and O–H groups in total. The van der Waals surface area contributed by atoms with Crippen LogP contribution in [0.25, 0.3) is 11.3 Å². The normalized spacial score (nSPS) is 11.5. The van der Waals surface area contributed by atoms with E-state index < -0.39 is 6.36 Å². The third-order valence-corrected chi connectivity index (χ3v) is 1.99. The van der Waals surface area contributed by atoms with E-state index in [0.29, 0.717) is 5.69 Å². The van der Waals surface area contributed by atoms with Crippen LogP contribution in [0.5, 0.6) is 5.75 Å². The Kier molecular flexibility index (Phi) is 2.74. The lowest BCUT2D eigenvalue weighted by atomic mass is 10.1. The first-order valence-corrected chi connectivity index (χ1v) is 4.67. The standard InChI is InChI=1S/C10H8F3N3O/c1-16-6-8(14-15-16)7-4-2-3-5-9(7)17-10(11,12)13/h2-6H,1H3. The number of rotatable bonds is 2. The number of ether oxygens (including phenoxy) is 1. The van der Waals surface area contributed by atoms with Crippen molar-refractivity contribution in [2.24, 2.45) is 7.05 Å². The monoisotopic (exact) mass is 243 g/mol. The van der Waals surface area contributed by atoms with Gasteiger partial charge in [-0.25, -0.2) is 0 Å². The summed E-state index contributed by atoms with van der Waals surface area (Å²) in [5, 5.41) is 7.40. The Morgan fingerprint density at radius 2 is 1.94 bits per heavy atom. The Labute approximate surface area is 94.6 Å². The van der Waals surface area contributed by atoms with Gasteiger partial charge in [-0.15, -0.1) is 18.3 Å². The molecule has 0 fully saturated rings. The van der Waals surface area contributed by atoms with Gasteiger partial charge < -0.3 is 4.74 Å². The quantitative estimate of drug-likeness (QED) is 0.813. The predicted molar refractivity (Wildman–Crippen MR) is 53.1 cm³/mol. The Morgan fingerprint density at radius 3 is 2.53 bits per heavy atom. The summed E-state index contributed by atoms with van der Waals surface area (Å²) in [7, 11) is 1.63. The molecule has 0 aliphatic heterocycles. The molecule has 2 rings (SSSR count). The molecule has 0 amide bonds. The fourth-order valence-electron chi connectivity index (χ4n) is 1.36. The zero-order chi connectivity index (χ0) is 12.5. The highest BCUT2D eigenvalue weighted by atomic mass is 19.4. The maximum Gasteiger partial charge on any atom is 0.573 e. The molecule has 0 atom stereocenters. The summed E-state index contributed by atoms with van der Waals surface area (Å²) in [6.45, 7) is 0. The summed E-state index contributed by atoms with van der Waals surface area (Å²) in [6.07, 6.45) is -3.21. The Balaban J connectivity index is 2.41. The second kappa shape index (κ2) is 4.08. The average molecular weight is 243 g/mol. The smallest absolute Gasteiger partial charge is 0.405 e. The molecule has 0 bridgehead atoms. The fraction of sp³-hybridized carbons (Fsp3) is 0.200. The Morgan fingerprint density at radius 1 is 1.24 bits per heavy atom. The number of aromatic nitrogens is 3. The second-order valence-corrected chi connectivity index (χ2v) is 3.32. The first kappa shape index (κ1) is 11.4. The highest BCUT2D eigenvalue weighted by Crippen LogP contribution is 2.32. The number of aryl methyl sites for hydroxylation is 1. The Hall–Kier alpha value is -2.05. The van der Waals surface area contributed by atoms with E-state index in [0.717, 1.165) is 0 Å². The summed E-state index contributed by atoms with van der Waals surface area (Å²) in [5.74, 6) is -0.291. The molecule has 0 spiro atoms. The van der Waals surface area contributed by atoms with Crippen LogP contribution in [0.15, 0.2) is 30.5 Å². The highest BCUT2D eigenvalue weighted by Gasteiger charge is 2.32. The lowest BCUT2D eigenvalue weighted by Gasteiger charge is -2.11. The minimum absolute atomic E-state index is 0.248. The van der Waals surface area contributed by atoms with E-state index in [9.17, 15) is 13.2 Å². The summed E-state index contributed by atoms with van der Waals surface area (Å²) in [5.41, 5.74) is 0.574. The number of hydrogen-bond acceptors (Lipinski definition) is 3. The van der Waals surface area contributed by atoms with Gasteiger partial charge in [-0.3, -0.25) is 4.68 Å². The average Bonchev–Trinajstić information content (AvgIpc) is 2.63. The van der Waals surface area contributed by atoms with Crippen LogP contribution in [0.1, 0.15) is 0 Å². The van der Waals surface area contributed by atoms with E-state index in [1.807, 2.05) is 0 Å². The van der Waals surface area contributed by atoms with E-state index in [1.165, 1.54) is 29.1 Å². The molecule has 90 valence electrons. The van der Waals surface area contributed by atoms with Gasteiger partial charge in [-0.2, -0.15) is 0 Å². The Bertz CT molecular complexity index is 522. The maximum atomic E-state index is 12.2. The van der Waals surface area contributed by atoms with Gasteiger partial charge in [0.15, 0.2) is 0 Å². The number of benzene rings is 1. The van der Waals surface area contributed by atoms with Crippen molar-refractivity contribution in [1.82, 2.24) is 15.0 Å². The van der Waals surface area contributed by atoms with Gasteiger partial charge in [-0.1, -0.05) is 17.3 Å². The van der Waals surface area contributed by atoms with Crippen molar-refractivity contribution in [3.8, 4) is 17.0 Å². The van der Waals surface area contributed by atoms with Crippen LogP contribution in [0.4, 0.5) is 13.2 Å². The van der Waals surface area contributed by atoms with Gasteiger partial charge in [-0.05, 0) is 12.1 Å². The minimum Gasteiger partial charge on any atom is -0.405 e. The third kappa shape index (κ3) is 2.74. The molecule has 0 unspecified atom stereocenters. The number of para-hydroxylation sites is 1. The fourth-order valence-corrected chi connectivity index (χ4v) is 1.36. The molecule has 0 radical (unpaired) electrons. The van der Waals surface area contributed by atoms with Gasteiger partial charge in [0.25, 0.3) is 0 Å².